The maximum Gasteiger partial charge on any atom is 0.231 e. The van der Waals surface area contributed by atoms with Crippen LogP contribution in [0.5, 0.6) is 0 Å². The summed E-state index contributed by atoms with van der Waals surface area (Å²) in [5, 5.41) is -0.353. The van der Waals surface area contributed by atoms with Gasteiger partial charge in [-0.3, -0.25) is 24.1 Å². The fraction of sp³-hybridized carbons (Fsp3) is 0.750. The number of imide groups is 1. The minimum absolute atomic E-state index is 0.0581. The summed E-state index contributed by atoms with van der Waals surface area (Å²) in [4.78, 5) is 48.1. The first-order chi connectivity index (χ1) is 10.2. The van der Waals surface area contributed by atoms with Crippen LogP contribution < -0.4 is 0 Å². The molecule has 2 amide bonds. The van der Waals surface area contributed by atoms with E-state index in [-0.39, 0.29) is 53.4 Å². The third-order valence-electron chi connectivity index (χ3n) is 4.16. The van der Waals surface area contributed by atoms with Crippen molar-refractivity contribution in [3.63, 3.8) is 0 Å². The van der Waals surface area contributed by atoms with E-state index in [4.69, 9.17) is 0 Å². The van der Waals surface area contributed by atoms with E-state index in [9.17, 15) is 19.2 Å². The average Bonchev–Trinajstić information content (AvgIpc) is 2.45. The lowest BCUT2D eigenvalue weighted by molar-refractivity contribution is -0.150. The Morgan fingerprint density at radius 1 is 1.32 bits per heavy atom. The summed E-state index contributed by atoms with van der Waals surface area (Å²) < 4.78 is 0. The van der Waals surface area contributed by atoms with Crippen molar-refractivity contribution in [2.75, 3.05) is 12.3 Å². The Hall–Kier alpha value is -1.17. The number of hydrogen-bond donors (Lipinski definition) is 0. The molecule has 1 unspecified atom stereocenters. The fourth-order valence-corrected chi connectivity index (χ4v) is 3.33. The van der Waals surface area contributed by atoms with Gasteiger partial charge in [0.05, 0.1) is 11.8 Å². The van der Waals surface area contributed by atoms with E-state index < -0.39 is 0 Å². The summed E-state index contributed by atoms with van der Waals surface area (Å²) in [5.41, 5.74) is -0.336. The zero-order valence-electron chi connectivity index (χ0n) is 13.8. The van der Waals surface area contributed by atoms with Gasteiger partial charge >= 0.3 is 0 Å². The summed E-state index contributed by atoms with van der Waals surface area (Å²) in [6, 6.07) is 0. The lowest BCUT2D eigenvalue weighted by Gasteiger charge is -2.29. The van der Waals surface area contributed by atoms with Crippen molar-refractivity contribution in [3.05, 3.63) is 0 Å². The largest absolute Gasteiger partial charge is 0.299 e. The van der Waals surface area contributed by atoms with Gasteiger partial charge in [0.25, 0.3) is 0 Å². The van der Waals surface area contributed by atoms with Crippen LogP contribution in [0.25, 0.3) is 0 Å². The molecule has 0 aromatic rings. The molecule has 0 N–H and O–H groups in total. The molecule has 5 nitrogen and oxygen atoms in total. The Morgan fingerprint density at radius 3 is 2.50 bits per heavy atom. The number of piperidine rings is 1. The number of carbonyl (C=O) groups excluding carboxylic acids is 4. The van der Waals surface area contributed by atoms with Gasteiger partial charge in [-0.1, -0.05) is 20.8 Å². The maximum absolute atomic E-state index is 12.0. The van der Waals surface area contributed by atoms with E-state index in [0.29, 0.717) is 0 Å². The highest BCUT2D eigenvalue weighted by atomic mass is 32.2. The number of rotatable bonds is 7. The lowest BCUT2D eigenvalue weighted by atomic mass is 9.84. The van der Waals surface area contributed by atoms with Crippen LogP contribution in [0.3, 0.4) is 0 Å². The van der Waals surface area contributed by atoms with Gasteiger partial charge in [-0.25, -0.2) is 0 Å². The van der Waals surface area contributed by atoms with Gasteiger partial charge in [-0.15, -0.1) is 0 Å². The Morgan fingerprint density at radius 2 is 1.95 bits per heavy atom. The molecule has 0 aromatic heterocycles. The summed E-state index contributed by atoms with van der Waals surface area (Å²) in [5.74, 6) is 0.299. The van der Waals surface area contributed by atoms with Crippen LogP contribution in [-0.2, 0) is 19.2 Å². The van der Waals surface area contributed by atoms with Crippen LogP contribution >= 0.6 is 11.8 Å². The van der Waals surface area contributed by atoms with Crippen LogP contribution in [0.15, 0.2) is 0 Å². The molecule has 1 fully saturated rings. The second kappa shape index (κ2) is 7.90. The molecular weight excluding hydrogens is 302 g/mol. The number of hydrogen-bond acceptors (Lipinski definition) is 5. The second-order valence-electron chi connectivity index (χ2n) is 6.30. The van der Waals surface area contributed by atoms with Gasteiger partial charge in [0, 0.05) is 18.3 Å². The van der Waals surface area contributed by atoms with Crippen LogP contribution in [0.4, 0.5) is 0 Å². The highest BCUT2D eigenvalue weighted by Crippen LogP contribution is 2.27. The third-order valence-corrected chi connectivity index (χ3v) is 5.51. The molecule has 1 aliphatic heterocycles. The van der Waals surface area contributed by atoms with Crippen molar-refractivity contribution in [1.82, 2.24) is 4.90 Å². The predicted molar refractivity (Wildman–Crippen MR) is 86.6 cm³/mol. The van der Waals surface area contributed by atoms with Crippen LogP contribution in [-0.4, -0.2) is 45.8 Å². The summed E-state index contributed by atoms with van der Waals surface area (Å²) in [7, 11) is 0. The van der Waals surface area contributed by atoms with E-state index in [0.717, 1.165) is 23.5 Å². The molecular formula is C16H25NO4S. The summed E-state index contributed by atoms with van der Waals surface area (Å²) in [6.45, 7) is 7.02. The smallest absolute Gasteiger partial charge is 0.231 e. The van der Waals surface area contributed by atoms with Gasteiger partial charge in [0.1, 0.15) is 5.78 Å². The topological polar surface area (TPSA) is 71.5 Å². The van der Waals surface area contributed by atoms with Crippen molar-refractivity contribution < 1.29 is 19.2 Å². The molecule has 0 spiro atoms. The molecule has 1 saturated heterocycles. The molecule has 1 atom stereocenters. The first kappa shape index (κ1) is 18.9. The van der Waals surface area contributed by atoms with Gasteiger partial charge in [0.2, 0.25) is 11.8 Å². The molecule has 6 heteroatoms. The Bertz CT molecular complexity index is 473. The Labute approximate surface area is 136 Å². The van der Waals surface area contributed by atoms with Crippen molar-refractivity contribution in [2.45, 2.75) is 58.6 Å². The molecule has 124 valence electrons. The lowest BCUT2D eigenvalue weighted by Crippen LogP contribution is -2.49. The van der Waals surface area contributed by atoms with Crippen molar-refractivity contribution in [2.24, 2.45) is 5.41 Å². The molecule has 0 aromatic carbocycles. The Balaban J connectivity index is 2.43. The molecule has 0 bridgehead atoms. The molecule has 1 heterocycles. The van der Waals surface area contributed by atoms with Gasteiger partial charge < -0.3 is 0 Å². The third kappa shape index (κ3) is 4.93. The minimum atomic E-state index is -0.353. The first-order valence-electron chi connectivity index (χ1n) is 7.67. The average molecular weight is 327 g/mol. The number of carbonyl (C=O) groups is 4. The van der Waals surface area contributed by atoms with E-state index in [1.165, 1.54) is 11.8 Å². The molecule has 0 saturated carbocycles. The number of thioether (sulfide) groups is 1. The van der Waals surface area contributed by atoms with Crippen LogP contribution in [0.2, 0.25) is 0 Å². The fourth-order valence-electron chi connectivity index (χ4n) is 2.21. The van der Waals surface area contributed by atoms with Crippen LogP contribution in [0, 0.1) is 5.41 Å². The molecule has 22 heavy (non-hydrogen) atoms. The highest BCUT2D eigenvalue weighted by Gasteiger charge is 2.35. The van der Waals surface area contributed by atoms with Crippen LogP contribution in [0.1, 0.15) is 53.4 Å². The number of amides is 2. The van der Waals surface area contributed by atoms with Gasteiger partial charge in [-0.2, -0.15) is 11.8 Å². The first-order valence-corrected chi connectivity index (χ1v) is 8.72. The number of likely N-dealkylation sites (tertiary alicyclic amines) is 1. The normalized spacial score (nSPS) is 19.5. The van der Waals surface area contributed by atoms with Gasteiger partial charge in [-0.05, 0) is 25.5 Å². The predicted octanol–water partition coefficient (Wildman–Crippen LogP) is 2.22. The van der Waals surface area contributed by atoms with Crippen molar-refractivity contribution >= 4 is 35.1 Å². The van der Waals surface area contributed by atoms with Gasteiger partial charge in [0.15, 0.2) is 5.78 Å². The number of Topliss-reactive ketones (excluding diaryl/α,β-unsaturated/α-hetero) is 2. The maximum atomic E-state index is 12.0. The minimum Gasteiger partial charge on any atom is -0.299 e. The highest BCUT2D eigenvalue weighted by molar-refractivity contribution is 8.00. The number of nitrogens with zero attached hydrogens (tertiary/aromatic N) is 1. The van der Waals surface area contributed by atoms with E-state index in [2.05, 4.69) is 0 Å². The van der Waals surface area contributed by atoms with E-state index in [1.54, 1.807) is 13.8 Å². The quantitative estimate of drug-likeness (QED) is 0.671. The zero-order chi connectivity index (χ0) is 16.9. The molecule has 0 aliphatic carbocycles. The standard InChI is InChI=1S/C16H25NO4S/c1-5-14(20)17-10-12(19)13(9-15(17)21)22-8-6-7-16(3,4)11(2)18/h13H,5-10H2,1-4H3. The molecule has 1 rings (SSSR count). The Kier molecular flexibility index (Phi) is 6.78. The summed E-state index contributed by atoms with van der Waals surface area (Å²) in [6.07, 6.45) is 1.93. The zero-order valence-corrected chi connectivity index (χ0v) is 14.6. The van der Waals surface area contributed by atoms with E-state index in [1.807, 2.05) is 13.8 Å². The number of ketones is 2. The van der Waals surface area contributed by atoms with Crippen molar-refractivity contribution in [3.8, 4) is 0 Å². The monoisotopic (exact) mass is 327 g/mol. The SMILES string of the molecule is CCC(=O)N1CC(=O)C(SCCCC(C)(C)C(C)=O)CC1=O. The summed E-state index contributed by atoms with van der Waals surface area (Å²) >= 11 is 1.46. The van der Waals surface area contributed by atoms with Crippen molar-refractivity contribution in [1.29, 1.82) is 0 Å². The molecule has 0 radical (unpaired) electrons. The second-order valence-corrected chi connectivity index (χ2v) is 7.61. The molecule has 1 aliphatic rings. The van der Waals surface area contributed by atoms with E-state index >= 15 is 0 Å².